The molecule has 3 heteroatoms. The monoisotopic (exact) mass is 151 g/mol. The van der Waals surface area contributed by atoms with Gasteiger partial charge in [0.1, 0.15) is 0 Å². The molecule has 0 aromatic rings. The molecule has 3 nitrogen and oxygen atoms in total. The fraction of sp³-hybridized carbons (Fsp3) is 0.250. The number of rotatable bonds is 4. The van der Waals surface area contributed by atoms with E-state index in [0.29, 0.717) is 0 Å². The van der Waals surface area contributed by atoms with Crippen LogP contribution in [0.5, 0.6) is 0 Å². The maximum absolute atomic E-state index is 6.62. The van der Waals surface area contributed by atoms with Gasteiger partial charge in [-0.15, -0.1) is 0 Å². The summed E-state index contributed by atoms with van der Waals surface area (Å²) in [6.07, 6.45) is 8.14. The lowest BCUT2D eigenvalue weighted by molar-refractivity contribution is 1.26. The van der Waals surface area contributed by atoms with E-state index in [-0.39, 0.29) is 0 Å². The van der Waals surface area contributed by atoms with Gasteiger partial charge in [0.25, 0.3) is 0 Å². The molecule has 0 unspecified atom stereocenters. The van der Waals surface area contributed by atoms with Crippen molar-refractivity contribution < 1.29 is 0 Å². The number of nitrogens with one attached hydrogen (secondary N) is 2. The van der Waals surface area contributed by atoms with Gasteiger partial charge in [-0.3, -0.25) is 10.4 Å². The van der Waals surface area contributed by atoms with Crippen LogP contribution in [-0.2, 0) is 0 Å². The summed E-state index contributed by atoms with van der Waals surface area (Å²) < 4.78 is 0. The molecule has 0 aromatic heterocycles. The normalized spacial score (nSPS) is 12.7. The highest BCUT2D eigenvalue weighted by Gasteiger charge is 1.75. The van der Waals surface area contributed by atoms with Crippen molar-refractivity contribution in [3.8, 4) is 0 Å². The van der Waals surface area contributed by atoms with E-state index in [9.17, 15) is 0 Å². The molecule has 0 heterocycles. The lowest BCUT2D eigenvalue weighted by Gasteiger charge is -1.86. The molecule has 0 aliphatic carbocycles. The number of aliphatic imine (C=N–C) groups is 1. The van der Waals surface area contributed by atoms with Crippen LogP contribution in [-0.4, -0.2) is 12.1 Å². The van der Waals surface area contributed by atoms with E-state index in [0.717, 1.165) is 12.1 Å². The van der Waals surface area contributed by atoms with Gasteiger partial charge in [0.05, 0.1) is 6.34 Å². The number of hydrogen-bond donors (Lipinski definition) is 2. The van der Waals surface area contributed by atoms with Crippen molar-refractivity contribution in [3.05, 3.63) is 24.6 Å². The van der Waals surface area contributed by atoms with Crippen LogP contribution in [0.15, 0.2) is 29.5 Å². The third-order valence-electron chi connectivity index (χ3n) is 0.940. The molecule has 0 rings (SSSR count). The summed E-state index contributed by atoms with van der Waals surface area (Å²) in [7, 11) is 0. The highest BCUT2D eigenvalue weighted by Crippen LogP contribution is 1.81. The van der Waals surface area contributed by atoms with Crippen LogP contribution in [0.4, 0.5) is 0 Å². The number of hydrogen-bond acceptors (Lipinski definition) is 2. The number of allylic oxidation sites excluding steroid dienone is 2. The Hall–Kier alpha value is -1.38. The summed E-state index contributed by atoms with van der Waals surface area (Å²) in [5.74, 6) is 0. The quantitative estimate of drug-likeness (QED) is 0.466. The molecule has 11 heavy (non-hydrogen) atoms. The van der Waals surface area contributed by atoms with Crippen molar-refractivity contribution in [3.63, 3.8) is 0 Å². The molecule has 0 amide bonds. The topological polar surface area (TPSA) is 48.2 Å². The summed E-state index contributed by atoms with van der Waals surface area (Å²) in [6.45, 7) is 3.85. The molecule has 0 spiro atoms. The molecule has 2 N–H and O–H groups in total. The van der Waals surface area contributed by atoms with E-state index in [4.69, 9.17) is 5.41 Å². The molecule has 0 saturated heterocycles. The smallest absolute Gasteiger partial charge is 0.0831 e. The van der Waals surface area contributed by atoms with Crippen LogP contribution in [0, 0.1) is 5.41 Å². The highest BCUT2D eigenvalue weighted by molar-refractivity contribution is 5.93. The Morgan fingerprint density at radius 1 is 1.55 bits per heavy atom. The predicted molar refractivity (Wildman–Crippen MR) is 49.0 cm³/mol. The second-order valence-corrected chi connectivity index (χ2v) is 1.90. The third kappa shape index (κ3) is 6.51. The molecule has 0 aromatic carbocycles. The first-order chi connectivity index (χ1) is 5.31. The first-order valence-corrected chi connectivity index (χ1v) is 3.38. The predicted octanol–water partition coefficient (Wildman–Crippen LogP) is 1.69. The standard InChI is InChI=1S/C8H13N3/c1-3-4-8(2)11-6-5-10-7-9/h3-7H,1-2H3,(H2,9,10)/b4-3-,6-5-,11-8-. The molecular weight excluding hydrogens is 138 g/mol. The maximum atomic E-state index is 6.62. The second kappa shape index (κ2) is 6.74. The molecule has 0 radical (unpaired) electrons. The fourth-order valence-electron chi connectivity index (χ4n) is 0.530. The minimum atomic E-state index is 0.940. The summed E-state index contributed by atoms with van der Waals surface area (Å²) in [6, 6.07) is 0. The van der Waals surface area contributed by atoms with Gasteiger partial charge in [-0.25, -0.2) is 0 Å². The molecule has 0 aliphatic rings. The zero-order valence-electron chi connectivity index (χ0n) is 6.83. The number of nitrogens with zero attached hydrogens (tertiary/aromatic N) is 1. The Morgan fingerprint density at radius 3 is 2.82 bits per heavy atom. The van der Waals surface area contributed by atoms with Gasteiger partial charge >= 0.3 is 0 Å². The molecule has 0 saturated carbocycles. The van der Waals surface area contributed by atoms with E-state index in [1.807, 2.05) is 26.0 Å². The lowest BCUT2D eigenvalue weighted by atomic mass is 10.4. The zero-order chi connectivity index (χ0) is 8.53. The summed E-state index contributed by atoms with van der Waals surface area (Å²) in [4.78, 5) is 4.03. The molecule has 0 atom stereocenters. The van der Waals surface area contributed by atoms with Crippen molar-refractivity contribution in [2.45, 2.75) is 13.8 Å². The van der Waals surface area contributed by atoms with Crippen LogP contribution in [0.3, 0.4) is 0 Å². The highest BCUT2D eigenvalue weighted by atomic mass is 14.9. The van der Waals surface area contributed by atoms with Crippen LogP contribution < -0.4 is 5.32 Å². The van der Waals surface area contributed by atoms with E-state index in [1.165, 1.54) is 0 Å². The van der Waals surface area contributed by atoms with E-state index in [2.05, 4.69) is 10.3 Å². The van der Waals surface area contributed by atoms with Gasteiger partial charge in [0, 0.05) is 18.1 Å². The SMILES string of the molecule is C\C=C/C(C)=N\C=C/NC=N. The molecule has 0 bridgehead atoms. The lowest BCUT2D eigenvalue weighted by Crippen LogP contribution is -1.97. The molecule has 60 valence electrons. The minimum Gasteiger partial charge on any atom is -0.352 e. The van der Waals surface area contributed by atoms with Gasteiger partial charge < -0.3 is 5.32 Å². The average Bonchev–Trinajstić information content (AvgIpc) is 1.99. The summed E-state index contributed by atoms with van der Waals surface area (Å²) in [5.41, 5.74) is 0.940. The second-order valence-electron chi connectivity index (χ2n) is 1.90. The summed E-state index contributed by atoms with van der Waals surface area (Å²) in [5, 5.41) is 9.20. The summed E-state index contributed by atoms with van der Waals surface area (Å²) >= 11 is 0. The van der Waals surface area contributed by atoms with Crippen molar-refractivity contribution in [2.75, 3.05) is 0 Å². The van der Waals surface area contributed by atoms with Crippen molar-refractivity contribution in [1.82, 2.24) is 5.32 Å². The average molecular weight is 151 g/mol. The van der Waals surface area contributed by atoms with Gasteiger partial charge in [-0.1, -0.05) is 6.08 Å². The van der Waals surface area contributed by atoms with Crippen molar-refractivity contribution in [1.29, 1.82) is 5.41 Å². The molecule has 0 aliphatic heterocycles. The van der Waals surface area contributed by atoms with Crippen molar-refractivity contribution in [2.24, 2.45) is 4.99 Å². The Bertz CT molecular complexity index is 190. The minimum absolute atomic E-state index is 0.940. The maximum Gasteiger partial charge on any atom is 0.0831 e. The van der Waals surface area contributed by atoms with Gasteiger partial charge in [-0.05, 0) is 19.9 Å². The Labute approximate surface area is 67.0 Å². The third-order valence-corrected chi connectivity index (χ3v) is 0.940. The van der Waals surface area contributed by atoms with Gasteiger partial charge in [0.15, 0.2) is 0 Å². The first-order valence-electron chi connectivity index (χ1n) is 3.38. The first kappa shape index (κ1) is 9.62. The van der Waals surface area contributed by atoms with Crippen LogP contribution in [0.2, 0.25) is 0 Å². The van der Waals surface area contributed by atoms with Crippen LogP contribution >= 0.6 is 0 Å². The van der Waals surface area contributed by atoms with Crippen LogP contribution in [0.1, 0.15) is 13.8 Å². The molecular formula is C8H13N3. The van der Waals surface area contributed by atoms with E-state index < -0.39 is 0 Å². The largest absolute Gasteiger partial charge is 0.352 e. The Kier molecular flexibility index (Phi) is 5.89. The molecule has 0 fully saturated rings. The Balaban J connectivity index is 3.80. The Morgan fingerprint density at radius 2 is 2.27 bits per heavy atom. The van der Waals surface area contributed by atoms with Crippen LogP contribution in [0.25, 0.3) is 0 Å². The zero-order valence-corrected chi connectivity index (χ0v) is 6.83. The van der Waals surface area contributed by atoms with Gasteiger partial charge in [0.2, 0.25) is 0 Å². The van der Waals surface area contributed by atoms with Gasteiger partial charge in [-0.2, -0.15) is 0 Å². The van der Waals surface area contributed by atoms with E-state index >= 15 is 0 Å². The van der Waals surface area contributed by atoms with Crippen molar-refractivity contribution >= 4 is 12.1 Å². The fourth-order valence-corrected chi connectivity index (χ4v) is 0.530. The van der Waals surface area contributed by atoms with E-state index in [1.54, 1.807) is 12.4 Å².